The molecule has 4 aliphatic carbocycles. The second-order valence-electron chi connectivity index (χ2n) is 10.8. The Balaban J connectivity index is 1.52. The van der Waals surface area contributed by atoms with E-state index in [-0.39, 0.29) is 6.10 Å². The van der Waals surface area contributed by atoms with Gasteiger partial charge in [-0.25, -0.2) is 0 Å². The molecule has 0 heterocycles. The van der Waals surface area contributed by atoms with Gasteiger partial charge in [-0.2, -0.15) is 0 Å². The first-order valence-electron chi connectivity index (χ1n) is 11.5. The molecule has 0 bridgehead atoms. The summed E-state index contributed by atoms with van der Waals surface area (Å²) in [6.45, 7) is 9.33. The van der Waals surface area contributed by atoms with Crippen molar-refractivity contribution in [2.24, 2.45) is 46.2 Å². The zero-order chi connectivity index (χ0) is 18.5. The third-order valence-corrected chi connectivity index (χ3v) is 9.93. The van der Waals surface area contributed by atoms with Crippen molar-refractivity contribution in [3.63, 3.8) is 0 Å². The SMILES string of the molecule is CC(NCCN)[C@H]1CC[C@H]2[C@@H]3CCC4CC(O)CC[C@]4(C)[C@H]3CC[C@]12C. The number of rotatable bonds is 4. The van der Waals surface area contributed by atoms with E-state index in [1.807, 2.05) is 0 Å². The summed E-state index contributed by atoms with van der Waals surface area (Å²) in [5.41, 5.74) is 6.77. The van der Waals surface area contributed by atoms with Crippen molar-refractivity contribution in [2.45, 2.75) is 90.7 Å². The lowest BCUT2D eigenvalue weighted by Gasteiger charge is -2.61. The summed E-state index contributed by atoms with van der Waals surface area (Å²) in [6, 6.07) is 0.599. The lowest BCUT2D eigenvalue weighted by atomic mass is 9.44. The Morgan fingerprint density at radius 3 is 2.50 bits per heavy atom. The molecule has 4 rings (SSSR count). The molecule has 4 saturated carbocycles. The van der Waals surface area contributed by atoms with Crippen molar-refractivity contribution >= 4 is 0 Å². The minimum absolute atomic E-state index is 0.0242. The van der Waals surface area contributed by atoms with Crippen LogP contribution in [0.15, 0.2) is 0 Å². The highest BCUT2D eigenvalue weighted by molar-refractivity contribution is 5.10. The number of aliphatic hydroxyl groups is 1. The third kappa shape index (κ3) is 2.88. The van der Waals surface area contributed by atoms with Crippen LogP contribution in [0.3, 0.4) is 0 Å². The molecule has 3 nitrogen and oxygen atoms in total. The minimum Gasteiger partial charge on any atom is -0.393 e. The second kappa shape index (κ2) is 7.04. The monoisotopic (exact) mass is 362 g/mol. The standard InChI is InChI=1S/C23H42N2O/c1-15(25-13-12-24)19-6-7-20-18-5-4-16-14-17(26)8-10-22(16,2)21(18)9-11-23(19,20)3/h15-21,25-26H,4-14,24H2,1-3H3/t15?,16?,17?,18-,19+,20-,21-,22-,23+/m0/s1. The lowest BCUT2D eigenvalue weighted by Crippen LogP contribution is -2.55. The van der Waals surface area contributed by atoms with Crippen LogP contribution in [-0.4, -0.2) is 30.3 Å². The van der Waals surface area contributed by atoms with E-state index in [9.17, 15) is 5.11 Å². The van der Waals surface area contributed by atoms with Crippen molar-refractivity contribution in [1.29, 1.82) is 0 Å². The number of hydrogen-bond acceptors (Lipinski definition) is 3. The molecule has 150 valence electrons. The van der Waals surface area contributed by atoms with Crippen LogP contribution in [0.2, 0.25) is 0 Å². The first-order valence-corrected chi connectivity index (χ1v) is 11.5. The maximum Gasteiger partial charge on any atom is 0.0543 e. The van der Waals surface area contributed by atoms with Crippen LogP contribution in [0.4, 0.5) is 0 Å². The van der Waals surface area contributed by atoms with Gasteiger partial charge in [0.25, 0.3) is 0 Å². The van der Waals surface area contributed by atoms with Crippen molar-refractivity contribution in [3.05, 3.63) is 0 Å². The quantitative estimate of drug-likeness (QED) is 0.710. The smallest absolute Gasteiger partial charge is 0.0543 e. The molecule has 4 N–H and O–H groups in total. The largest absolute Gasteiger partial charge is 0.393 e. The molecule has 0 aromatic carbocycles. The number of aliphatic hydroxyl groups excluding tert-OH is 1. The molecular formula is C23H42N2O. The van der Waals surface area contributed by atoms with Gasteiger partial charge in [-0.05, 0) is 105 Å². The van der Waals surface area contributed by atoms with E-state index >= 15 is 0 Å². The van der Waals surface area contributed by atoms with E-state index in [4.69, 9.17) is 5.73 Å². The highest BCUT2D eigenvalue weighted by Crippen LogP contribution is 2.67. The van der Waals surface area contributed by atoms with Crippen molar-refractivity contribution in [2.75, 3.05) is 13.1 Å². The average Bonchev–Trinajstić information content (AvgIpc) is 2.97. The van der Waals surface area contributed by atoms with Crippen LogP contribution < -0.4 is 11.1 Å². The van der Waals surface area contributed by atoms with E-state index in [0.29, 0.717) is 16.9 Å². The molecule has 4 fully saturated rings. The Labute approximate surface area is 160 Å². The van der Waals surface area contributed by atoms with Gasteiger partial charge in [0.2, 0.25) is 0 Å². The Morgan fingerprint density at radius 2 is 1.73 bits per heavy atom. The van der Waals surface area contributed by atoms with Gasteiger partial charge < -0.3 is 16.2 Å². The number of nitrogens with two attached hydrogens (primary N) is 1. The summed E-state index contributed by atoms with van der Waals surface area (Å²) in [7, 11) is 0. The van der Waals surface area contributed by atoms with Gasteiger partial charge in [0, 0.05) is 19.1 Å². The zero-order valence-electron chi connectivity index (χ0n) is 17.3. The average molecular weight is 363 g/mol. The maximum absolute atomic E-state index is 10.2. The Morgan fingerprint density at radius 1 is 1.00 bits per heavy atom. The molecule has 9 atom stereocenters. The lowest BCUT2D eigenvalue weighted by molar-refractivity contribution is -0.127. The maximum atomic E-state index is 10.2. The van der Waals surface area contributed by atoms with Gasteiger partial charge in [-0.15, -0.1) is 0 Å². The molecule has 0 saturated heterocycles. The fourth-order valence-electron chi connectivity index (χ4n) is 8.55. The summed E-state index contributed by atoms with van der Waals surface area (Å²) in [5, 5.41) is 13.9. The molecule has 0 aliphatic heterocycles. The predicted molar refractivity (Wildman–Crippen MR) is 108 cm³/mol. The van der Waals surface area contributed by atoms with Gasteiger partial charge >= 0.3 is 0 Å². The van der Waals surface area contributed by atoms with Crippen LogP contribution in [0.5, 0.6) is 0 Å². The van der Waals surface area contributed by atoms with E-state index in [0.717, 1.165) is 55.5 Å². The molecule has 0 spiro atoms. The third-order valence-electron chi connectivity index (χ3n) is 9.93. The first-order chi connectivity index (χ1) is 12.4. The van der Waals surface area contributed by atoms with Gasteiger partial charge in [-0.1, -0.05) is 13.8 Å². The van der Waals surface area contributed by atoms with Gasteiger partial charge in [0.05, 0.1) is 6.10 Å². The van der Waals surface area contributed by atoms with Crippen molar-refractivity contribution < 1.29 is 5.11 Å². The summed E-state index contributed by atoms with van der Waals surface area (Å²) < 4.78 is 0. The summed E-state index contributed by atoms with van der Waals surface area (Å²) in [5.74, 6) is 4.38. The predicted octanol–water partition coefficient (Wildman–Crippen LogP) is 3.94. The van der Waals surface area contributed by atoms with Gasteiger partial charge in [0.1, 0.15) is 0 Å². The van der Waals surface area contributed by atoms with Crippen LogP contribution in [-0.2, 0) is 0 Å². The van der Waals surface area contributed by atoms with Crippen molar-refractivity contribution in [1.82, 2.24) is 5.32 Å². The topological polar surface area (TPSA) is 58.3 Å². The minimum atomic E-state index is -0.0242. The van der Waals surface area contributed by atoms with E-state index in [1.165, 1.54) is 44.9 Å². The van der Waals surface area contributed by atoms with Gasteiger partial charge in [-0.3, -0.25) is 0 Å². The number of nitrogens with one attached hydrogen (secondary N) is 1. The fraction of sp³-hybridized carbons (Fsp3) is 1.00. The Hall–Kier alpha value is -0.120. The Kier molecular flexibility index (Phi) is 5.20. The highest BCUT2D eigenvalue weighted by atomic mass is 16.3. The summed E-state index contributed by atoms with van der Waals surface area (Å²) in [6.07, 6.45) is 11.9. The molecule has 4 aliphatic rings. The van der Waals surface area contributed by atoms with E-state index in [2.05, 4.69) is 26.1 Å². The molecule has 26 heavy (non-hydrogen) atoms. The molecule has 3 heteroatoms. The summed E-state index contributed by atoms with van der Waals surface area (Å²) >= 11 is 0. The highest BCUT2D eigenvalue weighted by Gasteiger charge is 2.60. The number of fused-ring (bicyclic) bond motifs is 5. The molecular weight excluding hydrogens is 320 g/mol. The van der Waals surface area contributed by atoms with E-state index < -0.39 is 0 Å². The second-order valence-corrected chi connectivity index (χ2v) is 10.8. The van der Waals surface area contributed by atoms with Crippen LogP contribution in [0.1, 0.15) is 78.6 Å². The molecule has 0 aromatic rings. The molecule has 0 amide bonds. The molecule has 3 unspecified atom stereocenters. The number of hydrogen-bond donors (Lipinski definition) is 3. The van der Waals surface area contributed by atoms with Crippen LogP contribution in [0.25, 0.3) is 0 Å². The normalized spacial score (nSPS) is 52.0. The van der Waals surface area contributed by atoms with E-state index in [1.54, 1.807) is 0 Å². The molecule has 0 aromatic heterocycles. The van der Waals surface area contributed by atoms with Crippen LogP contribution >= 0.6 is 0 Å². The summed E-state index contributed by atoms with van der Waals surface area (Å²) in [4.78, 5) is 0. The fourth-order valence-corrected chi connectivity index (χ4v) is 8.55. The first kappa shape index (κ1) is 19.2. The molecule has 0 radical (unpaired) electrons. The van der Waals surface area contributed by atoms with Crippen LogP contribution in [0, 0.1) is 40.4 Å². The van der Waals surface area contributed by atoms with Crippen molar-refractivity contribution in [3.8, 4) is 0 Å². The van der Waals surface area contributed by atoms with Gasteiger partial charge in [0.15, 0.2) is 0 Å². The Bertz CT molecular complexity index is 510. The zero-order valence-corrected chi connectivity index (χ0v) is 17.3.